The van der Waals surface area contributed by atoms with Gasteiger partial charge in [0.05, 0.1) is 5.39 Å². The second-order valence-corrected chi connectivity index (χ2v) is 3.04. The number of pyridine rings is 1. The van der Waals surface area contributed by atoms with Gasteiger partial charge in [-0.1, -0.05) is 0 Å². The van der Waals surface area contributed by atoms with Gasteiger partial charge < -0.3 is 9.52 Å². The Morgan fingerprint density at radius 2 is 2.36 bits per heavy atom. The van der Waals surface area contributed by atoms with E-state index in [0.29, 0.717) is 11.1 Å². The van der Waals surface area contributed by atoms with Gasteiger partial charge in [-0.25, -0.2) is 4.98 Å². The molecule has 0 aromatic carbocycles. The van der Waals surface area contributed by atoms with E-state index in [1.807, 2.05) is 0 Å². The van der Waals surface area contributed by atoms with Gasteiger partial charge in [-0.05, 0) is 22.0 Å². The number of rotatable bonds is 0. The lowest BCUT2D eigenvalue weighted by Crippen LogP contribution is -1.71. The van der Waals surface area contributed by atoms with E-state index in [2.05, 4.69) is 20.9 Å². The molecule has 56 valence electrons. The van der Waals surface area contributed by atoms with Crippen molar-refractivity contribution in [3.8, 4) is 5.75 Å². The molecule has 2 rings (SSSR count). The van der Waals surface area contributed by atoms with Crippen LogP contribution in [0.1, 0.15) is 0 Å². The number of hydrogen-bond donors (Lipinski definition) is 1. The smallest absolute Gasteiger partial charge is 0.229 e. The van der Waals surface area contributed by atoms with Crippen molar-refractivity contribution in [2.45, 2.75) is 0 Å². The van der Waals surface area contributed by atoms with Gasteiger partial charge in [-0.2, -0.15) is 0 Å². The van der Waals surface area contributed by atoms with Crippen LogP contribution >= 0.6 is 15.9 Å². The molecule has 0 amide bonds. The summed E-state index contributed by atoms with van der Waals surface area (Å²) in [6, 6.07) is 1.75. The second-order valence-electron chi connectivity index (χ2n) is 2.13. The molecule has 2 aromatic heterocycles. The van der Waals surface area contributed by atoms with Crippen LogP contribution in [0.5, 0.6) is 5.75 Å². The zero-order chi connectivity index (χ0) is 7.84. The molecule has 1 N–H and O–H groups in total. The molecule has 3 nitrogen and oxygen atoms in total. The highest BCUT2D eigenvalue weighted by molar-refractivity contribution is 9.10. The van der Waals surface area contributed by atoms with E-state index in [1.165, 1.54) is 6.26 Å². The summed E-state index contributed by atoms with van der Waals surface area (Å²) in [4.78, 5) is 3.93. The third-order valence-corrected chi connectivity index (χ3v) is 1.81. The number of nitrogens with zero attached hydrogens (tertiary/aromatic N) is 1. The van der Waals surface area contributed by atoms with Crippen LogP contribution < -0.4 is 0 Å². The van der Waals surface area contributed by atoms with Crippen molar-refractivity contribution in [2.75, 3.05) is 0 Å². The van der Waals surface area contributed by atoms with E-state index in [0.717, 1.165) is 4.47 Å². The first-order valence-electron chi connectivity index (χ1n) is 2.99. The van der Waals surface area contributed by atoms with E-state index < -0.39 is 0 Å². The molecule has 2 aromatic rings. The van der Waals surface area contributed by atoms with Crippen molar-refractivity contribution < 1.29 is 9.52 Å². The predicted octanol–water partition coefficient (Wildman–Crippen LogP) is 2.30. The lowest BCUT2D eigenvalue weighted by molar-refractivity contribution is 0.464. The number of halogens is 1. The minimum atomic E-state index is 0.119. The third kappa shape index (κ3) is 0.991. The molecule has 0 aliphatic rings. The third-order valence-electron chi connectivity index (χ3n) is 1.38. The van der Waals surface area contributed by atoms with Gasteiger partial charge in [0, 0.05) is 10.7 Å². The SMILES string of the molecule is Oc1coc2ncc(Br)cc12. The summed E-state index contributed by atoms with van der Waals surface area (Å²) in [6.07, 6.45) is 2.88. The number of aromatic nitrogens is 1. The van der Waals surface area contributed by atoms with Crippen LogP contribution in [0.15, 0.2) is 27.4 Å². The highest BCUT2D eigenvalue weighted by atomic mass is 79.9. The quantitative estimate of drug-likeness (QED) is 0.731. The Balaban J connectivity index is 2.87. The normalized spacial score (nSPS) is 10.6. The molecule has 0 bridgehead atoms. The molecule has 0 atom stereocenters. The molecule has 0 aliphatic heterocycles. The van der Waals surface area contributed by atoms with Crippen molar-refractivity contribution in [3.05, 3.63) is 23.0 Å². The molecule has 0 spiro atoms. The fraction of sp³-hybridized carbons (Fsp3) is 0. The van der Waals surface area contributed by atoms with Crippen molar-refractivity contribution in [3.63, 3.8) is 0 Å². The monoisotopic (exact) mass is 213 g/mol. The van der Waals surface area contributed by atoms with Crippen molar-refractivity contribution in [1.29, 1.82) is 0 Å². The standard InChI is InChI=1S/C7H4BrNO2/c8-4-1-5-6(10)3-11-7(5)9-2-4/h1-3,10H. The van der Waals surface area contributed by atoms with Gasteiger partial charge in [0.1, 0.15) is 6.26 Å². The molecule has 0 aliphatic carbocycles. The summed E-state index contributed by atoms with van der Waals surface area (Å²) in [5, 5.41) is 9.81. The lowest BCUT2D eigenvalue weighted by atomic mass is 10.3. The van der Waals surface area contributed by atoms with E-state index in [1.54, 1.807) is 12.3 Å². The largest absolute Gasteiger partial charge is 0.504 e. The van der Waals surface area contributed by atoms with Crippen LogP contribution in [-0.2, 0) is 0 Å². The molecule has 0 saturated carbocycles. The van der Waals surface area contributed by atoms with Crippen LogP contribution in [0.4, 0.5) is 0 Å². The summed E-state index contributed by atoms with van der Waals surface area (Å²) in [5.41, 5.74) is 0.450. The number of furan rings is 1. The maximum absolute atomic E-state index is 9.18. The van der Waals surface area contributed by atoms with Crippen LogP contribution in [0.3, 0.4) is 0 Å². The molecular formula is C7H4BrNO2. The minimum absolute atomic E-state index is 0.119. The molecule has 2 heterocycles. The number of fused-ring (bicyclic) bond motifs is 1. The van der Waals surface area contributed by atoms with Crippen molar-refractivity contribution >= 4 is 27.0 Å². The van der Waals surface area contributed by atoms with Crippen LogP contribution in [0, 0.1) is 0 Å². The molecular weight excluding hydrogens is 210 g/mol. The summed E-state index contributed by atoms with van der Waals surface area (Å²) in [5.74, 6) is 0.119. The molecule has 4 heteroatoms. The summed E-state index contributed by atoms with van der Waals surface area (Å²) < 4.78 is 5.74. The summed E-state index contributed by atoms with van der Waals surface area (Å²) in [7, 11) is 0. The van der Waals surface area contributed by atoms with Gasteiger partial charge >= 0.3 is 0 Å². The molecule has 0 fully saturated rings. The topological polar surface area (TPSA) is 46.3 Å². The Hall–Kier alpha value is -1.03. The Morgan fingerprint density at radius 3 is 3.18 bits per heavy atom. The fourth-order valence-corrected chi connectivity index (χ4v) is 1.21. The maximum atomic E-state index is 9.18. The molecule has 0 unspecified atom stereocenters. The summed E-state index contributed by atoms with van der Waals surface area (Å²) in [6.45, 7) is 0. The predicted molar refractivity (Wildman–Crippen MR) is 43.4 cm³/mol. The van der Waals surface area contributed by atoms with Crippen LogP contribution in [0.25, 0.3) is 11.1 Å². The fourth-order valence-electron chi connectivity index (χ4n) is 0.879. The van der Waals surface area contributed by atoms with Gasteiger partial charge in [-0.15, -0.1) is 0 Å². The molecule has 0 radical (unpaired) electrons. The second kappa shape index (κ2) is 2.23. The molecule has 0 saturated heterocycles. The van der Waals surface area contributed by atoms with Gasteiger partial charge in [0.25, 0.3) is 0 Å². The average Bonchev–Trinajstić information content (AvgIpc) is 2.33. The zero-order valence-electron chi connectivity index (χ0n) is 5.41. The Morgan fingerprint density at radius 1 is 1.55 bits per heavy atom. The van der Waals surface area contributed by atoms with Crippen LogP contribution in [0.2, 0.25) is 0 Å². The number of aromatic hydroxyl groups is 1. The lowest BCUT2D eigenvalue weighted by Gasteiger charge is -1.88. The highest BCUT2D eigenvalue weighted by Crippen LogP contribution is 2.26. The zero-order valence-corrected chi connectivity index (χ0v) is 7.00. The van der Waals surface area contributed by atoms with E-state index in [9.17, 15) is 5.11 Å². The van der Waals surface area contributed by atoms with E-state index in [4.69, 9.17) is 4.42 Å². The van der Waals surface area contributed by atoms with Gasteiger partial charge in [0.2, 0.25) is 5.71 Å². The Labute approximate surface area is 70.8 Å². The Bertz CT molecular complexity index is 396. The Kier molecular flexibility index (Phi) is 1.35. The maximum Gasteiger partial charge on any atom is 0.229 e. The minimum Gasteiger partial charge on any atom is -0.504 e. The van der Waals surface area contributed by atoms with Gasteiger partial charge in [-0.3, -0.25) is 0 Å². The number of hydrogen-bond acceptors (Lipinski definition) is 3. The van der Waals surface area contributed by atoms with E-state index in [-0.39, 0.29) is 5.75 Å². The highest BCUT2D eigenvalue weighted by Gasteiger charge is 2.04. The van der Waals surface area contributed by atoms with Gasteiger partial charge in [0.15, 0.2) is 5.75 Å². The first kappa shape index (κ1) is 6.67. The van der Waals surface area contributed by atoms with Crippen molar-refractivity contribution in [1.82, 2.24) is 4.98 Å². The molecule has 11 heavy (non-hydrogen) atoms. The summed E-state index contributed by atoms with van der Waals surface area (Å²) >= 11 is 3.24. The first-order valence-corrected chi connectivity index (χ1v) is 3.78. The van der Waals surface area contributed by atoms with E-state index >= 15 is 0 Å². The van der Waals surface area contributed by atoms with Crippen molar-refractivity contribution in [2.24, 2.45) is 0 Å². The first-order chi connectivity index (χ1) is 5.27. The average molecular weight is 214 g/mol. The van der Waals surface area contributed by atoms with Crippen LogP contribution in [-0.4, -0.2) is 10.1 Å².